The van der Waals surface area contributed by atoms with E-state index in [1.54, 1.807) is 19.2 Å². The van der Waals surface area contributed by atoms with E-state index < -0.39 is 5.41 Å². The van der Waals surface area contributed by atoms with Crippen LogP contribution in [0.4, 0.5) is 0 Å². The van der Waals surface area contributed by atoms with Crippen molar-refractivity contribution in [1.82, 2.24) is 0 Å². The first-order valence-corrected chi connectivity index (χ1v) is 5.81. The molecule has 1 aromatic carbocycles. The Kier molecular flexibility index (Phi) is 3.38. The average molecular weight is 241 g/mol. The molecule has 0 radical (unpaired) electrons. The van der Waals surface area contributed by atoms with Crippen molar-refractivity contribution in [3.63, 3.8) is 0 Å². The van der Waals surface area contributed by atoms with Crippen LogP contribution < -0.4 is 4.74 Å². The summed E-state index contributed by atoms with van der Waals surface area (Å²) >= 11 is 0. The Morgan fingerprint density at radius 1 is 1.33 bits per heavy atom. The van der Waals surface area contributed by atoms with Gasteiger partial charge in [-0.3, -0.25) is 0 Å². The number of ether oxygens (including phenoxy) is 1. The van der Waals surface area contributed by atoms with Crippen LogP contribution in [0.3, 0.4) is 0 Å². The third-order valence-corrected chi connectivity index (χ3v) is 3.14. The Bertz CT molecular complexity index is 526. The maximum absolute atomic E-state index is 9.73. The number of aromatic hydroxyl groups is 1. The molecule has 3 heteroatoms. The topological polar surface area (TPSA) is 53.2 Å². The molecule has 0 saturated heterocycles. The lowest BCUT2D eigenvalue weighted by Gasteiger charge is -2.27. The second-order valence-corrected chi connectivity index (χ2v) is 4.34. The molecule has 18 heavy (non-hydrogen) atoms. The van der Waals surface area contributed by atoms with Gasteiger partial charge < -0.3 is 9.84 Å². The van der Waals surface area contributed by atoms with Crippen molar-refractivity contribution in [3.8, 4) is 17.6 Å². The van der Waals surface area contributed by atoms with Gasteiger partial charge in [0, 0.05) is 11.5 Å². The molecule has 0 unspecified atom stereocenters. The number of benzene rings is 1. The summed E-state index contributed by atoms with van der Waals surface area (Å²) in [6, 6.07) is 7.30. The number of phenols is 1. The van der Waals surface area contributed by atoms with Crippen LogP contribution in [-0.2, 0) is 5.41 Å². The SMILES string of the molecule is COc1cc(O)cc(C2(CC#N)C=CCC=C2)c1. The maximum atomic E-state index is 9.73. The van der Waals surface area contributed by atoms with E-state index >= 15 is 0 Å². The highest BCUT2D eigenvalue weighted by molar-refractivity contribution is 5.47. The average Bonchev–Trinajstić information content (AvgIpc) is 2.39. The lowest BCUT2D eigenvalue weighted by molar-refractivity contribution is 0.405. The molecular formula is C15H15NO2. The molecule has 0 fully saturated rings. The molecule has 0 bridgehead atoms. The zero-order valence-electron chi connectivity index (χ0n) is 10.3. The minimum Gasteiger partial charge on any atom is -0.508 e. The number of hydrogen-bond donors (Lipinski definition) is 1. The van der Waals surface area contributed by atoms with E-state index in [1.807, 2.05) is 30.4 Å². The van der Waals surface area contributed by atoms with Gasteiger partial charge in [-0.2, -0.15) is 5.26 Å². The van der Waals surface area contributed by atoms with Crippen molar-refractivity contribution in [2.45, 2.75) is 18.3 Å². The van der Waals surface area contributed by atoms with Gasteiger partial charge >= 0.3 is 0 Å². The normalized spacial score (nSPS) is 16.2. The number of rotatable bonds is 3. The van der Waals surface area contributed by atoms with E-state index in [0.717, 1.165) is 12.0 Å². The molecule has 1 aliphatic rings. The van der Waals surface area contributed by atoms with Crippen molar-refractivity contribution >= 4 is 0 Å². The molecular weight excluding hydrogens is 226 g/mol. The molecule has 0 aliphatic heterocycles. The summed E-state index contributed by atoms with van der Waals surface area (Å²) < 4.78 is 5.16. The van der Waals surface area contributed by atoms with Gasteiger partial charge in [0.25, 0.3) is 0 Å². The summed E-state index contributed by atoms with van der Waals surface area (Å²) in [5, 5.41) is 18.8. The van der Waals surface area contributed by atoms with Crippen molar-refractivity contribution in [2.75, 3.05) is 7.11 Å². The van der Waals surface area contributed by atoms with Crippen molar-refractivity contribution in [2.24, 2.45) is 0 Å². The van der Waals surface area contributed by atoms with Crippen LogP contribution in [0.15, 0.2) is 42.5 Å². The zero-order valence-corrected chi connectivity index (χ0v) is 10.3. The Morgan fingerprint density at radius 3 is 2.67 bits per heavy atom. The van der Waals surface area contributed by atoms with Crippen LogP contribution in [0.1, 0.15) is 18.4 Å². The van der Waals surface area contributed by atoms with E-state index in [2.05, 4.69) is 6.07 Å². The van der Waals surface area contributed by atoms with Crippen LogP contribution in [-0.4, -0.2) is 12.2 Å². The Balaban J connectivity index is 2.52. The summed E-state index contributed by atoms with van der Waals surface area (Å²) in [5.74, 6) is 0.740. The van der Waals surface area contributed by atoms with Crippen LogP contribution in [0.25, 0.3) is 0 Å². The molecule has 1 aromatic rings. The summed E-state index contributed by atoms with van der Waals surface area (Å²) in [6.07, 6.45) is 9.33. The van der Waals surface area contributed by atoms with Gasteiger partial charge in [-0.05, 0) is 24.1 Å². The predicted molar refractivity (Wildman–Crippen MR) is 69.5 cm³/mol. The fourth-order valence-corrected chi connectivity index (χ4v) is 2.20. The minimum absolute atomic E-state index is 0.147. The number of phenolic OH excluding ortho intramolecular Hbond substituents is 1. The number of nitriles is 1. The first-order chi connectivity index (χ1) is 8.70. The second-order valence-electron chi connectivity index (χ2n) is 4.34. The maximum Gasteiger partial charge on any atom is 0.122 e. The zero-order chi connectivity index (χ0) is 13.0. The van der Waals surface area contributed by atoms with E-state index in [9.17, 15) is 5.11 Å². The number of methoxy groups -OCH3 is 1. The first kappa shape index (κ1) is 12.3. The summed E-state index contributed by atoms with van der Waals surface area (Å²) in [6.45, 7) is 0. The van der Waals surface area contributed by atoms with Gasteiger partial charge in [0.05, 0.1) is 19.6 Å². The number of allylic oxidation sites excluding steroid dienone is 4. The number of hydrogen-bond acceptors (Lipinski definition) is 3. The fraction of sp³-hybridized carbons (Fsp3) is 0.267. The van der Waals surface area contributed by atoms with Crippen LogP contribution in [0, 0.1) is 11.3 Å². The molecule has 1 N–H and O–H groups in total. The molecule has 0 heterocycles. The standard InChI is InChI=1S/C15H15NO2/c1-18-14-10-12(9-13(17)11-14)15(7-8-16)5-3-2-4-6-15/h3-6,9-11,17H,2,7H2,1H3. The lowest BCUT2D eigenvalue weighted by Crippen LogP contribution is -2.21. The first-order valence-electron chi connectivity index (χ1n) is 5.81. The molecule has 0 atom stereocenters. The summed E-state index contributed by atoms with van der Waals surface area (Å²) in [5.41, 5.74) is 0.409. The Morgan fingerprint density at radius 2 is 2.06 bits per heavy atom. The molecule has 2 rings (SSSR count). The highest BCUT2D eigenvalue weighted by atomic mass is 16.5. The van der Waals surface area contributed by atoms with E-state index in [0.29, 0.717) is 12.2 Å². The third-order valence-electron chi connectivity index (χ3n) is 3.14. The van der Waals surface area contributed by atoms with Crippen LogP contribution in [0.5, 0.6) is 11.5 Å². The van der Waals surface area contributed by atoms with Gasteiger partial charge in [0.1, 0.15) is 11.5 Å². The Hall–Kier alpha value is -2.21. The van der Waals surface area contributed by atoms with E-state index in [-0.39, 0.29) is 5.75 Å². The summed E-state index contributed by atoms with van der Waals surface area (Å²) in [7, 11) is 1.56. The van der Waals surface area contributed by atoms with Crippen LogP contribution >= 0.6 is 0 Å². The lowest BCUT2D eigenvalue weighted by atomic mass is 9.75. The third kappa shape index (κ3) is 2.23. The molecule has 0 saturated carbocycles. The molecule has 1 aliphatic carbocycles. The van der Waals surface area contributed by atoms with Gasteiger partial charge in [-0.1, -0.05) is 24.3 Å². The van der Waals surface area contributed by atoms with Gasteiger partial charge in [0.15, 0.2) is 0 Å². The molecule has 0 amide bonds. The van der Waals surface area contributed by atoms with Gasteiger partial charge in [-0.25, -0.2) is 0 Å². The van der Waals surface area contributed by atoms with E-state index in [4.69, 9.17) is 10.00 Å². The molecule has 0 aromatic heterocycles. The fourth-order valence-electron chi connectivity index (χ4n) is 2.20. The monoisotopic (exact) mass is 241 g/mol. The summed E-state index contributed by atoms with van der Waals surface area (Å²) in [4.78, 5) is 0. The Labute approximate surface area is 107 Å². The van der Waals surface area contributed by atoms with Crippen LogP contribution in [0.2, 0.25) is 0 Å². The highest BCUT2D eigenvalue weighted by Gasteiger charge is 2.28. The van der Waals surface area contributed by atoms with Gasteiger partial charge in [-0.15, -0.1) is 0 Å². The molecule has 0 spiro atoms. The second kappa shape index (κ2) is 4.97. The number of nitrogens with zero attached hydrogens (tertiary/aromatic N) is 1. The largest absolute Gasteiger partial charge is 0.508 e. The van der Waals surface area contributed by atoms with Gasteiger partial charge in [0.2, 0.25) is 0 Å². The van der Waals surface area contributed by atoms with Crippen molar-refractivity contribution in [1.29, 1.82) is 5.26 Å². The predicted octanol–water partition coefficient (Wildman–Crippen LogP) is 3.07. The molecule has 92 valence electrons. The quantitative estimate of drug-likeness (QED) is 0.827. The molecule has 3 nitrogen and oxygen atoms in total. The van der Waals surface area contributed by atoms with E-state index in [1.165, 1.54) is 0 Å². The smallest absolute Gasteiger partial charge is 0.122 e. The van der Waals surface area contributed by atoms with Crippen molar-refractivity contribution in [3.05, 3.63) is 48.1 Å². The van der Waals surface area contributed by atoms with Crippen molar-refractivity contribution < 1.29 is 9.84 Å². The minimum atomic E-state index is -0.459. The highest BCUT2D eigenvalue weighted by Crippen LogP contribution is 2.37.